The van der Waals surface area contributed by atoms with E-state index >= 15 is 0 Å². The van der Waals surface area contributed by atoms with Crippen molar-refractivity contribution in [1.82, 2.24) is 0 Å². The van der Waals surface area contributed by atoms with E-state index in [0.717, 1.165) is 30.9 Å². The van der Waals surface area contributed by atoms with E-state index in [2.05, 4.69) is 12.2 Å². The van der Waals surface area contributed by atoms with Crippen molar-refractivity contribution < 1.29 is 9.13 Å². The molecule has 112 valence electrons. The van der Waals surface area contributed by atoms with E-state index in [9.17, 15) is 4.39 Å². The molecule has 21 heavy (non-hydrogen) atoms. The van der Waals surface area contributed by atoms with Crippen LogP contribution in [0, 0.1) is 5.82 Å². The normalized spacial score (nSPS) is 12.0. The molecular weight excluding hydrogens is 265 g/mol. The molecule has 0 aliphatic rings. The maximum atomic E-state index is 13.9. The third-order valence-corrected chi connectivity index (χ3v) is 3.36. The van der Waals surface area contributed by atoms with Crippen LogP contribution in [0.5, 0.6) is 5.75 Å². The third-order valence-electron chi connectivity index (χ3n) is 3.36. The Labute approximate surface area is 126 Å². The highest BCUT2D eigenvalue weighted by atomic mass is 19.1. The molecule has 3 heteroatoms. The standard InChI is InChI=1S/C18H22FNO/c1-3-13-21-15-11-9-14(10-12-15)20-18(4-2)16-7-5-6-8-17(16)19/h5-12,18,20H,3-4,13H2,1-2H3. The summed E-state index contributed by atoms with van der Waals surface area (Å²) in [7, 11) is 0. The molecule has 0 aromatic heterocycles. The Kier molecular flexibility index (Phi) is 5.61. The highest BCUT2D eigenvalue weighted by Crippen LogP contribution is 2.25. The predicted octanol–water partition coefficient (Wildman–Crippen LogP) is 5.18. The van der Waals surface area contributed by atoms with Gasteiger partial charge in [-0.25, -0.2) is 4.39 Å². The maximum Gasteiger partial charge on any atom is 0.128 e. The summed E-state index contributed by atoms with van der Waals surface area (Å²) in [5.74, 6) is 0.695. The molecule has 2 rings (SSSR count). The fraction of sp³-hybridized carbons (Fsp3) is 0.333. The summed E-state index contributed by atoms with van der Waals surface area (Å²) in [6, 6.07) is 14.7. The van der Waals surface area contributed by atoms with Gasteiger partial charge in [0.1, 0.15) is 11.6 Å². The predicted molar refractivity (Wildman–Crippen MR) is 85.3 cm³/mol. The zero-order valence-corrected chi connectivity index (χ0v) is 12.6. The van der Waals surface area contributed by atoms with Gasteiger partial charge in [-0.2, -0.15) is 0 Å². The second-order valence-corrected chi connectivity index (χ2v) is 5.00. The van der Waals surface area contributed by atoms with Gasteiger partial charge in [0.2, 0.25) is 0 Å². The van der Waals surface area contributed by atoms with Gasteiger partial charge in [0.25, 0.3) is 0 Å². The van der Waals surface area contributed by atoms with Crippen LogP contribution < -0.4 is 10.1 Å². The van der Waals surface area contributed by atoms with E-state index in [1.54, 1.807) is 6.07 Å². The molecular formula is C18H22FNO. The molecule has 2 nitrogen and oxygen atoms in total. The lowest BCUT2D eigenvalue weighted by Crippen LogP contribution is -2.11. The van der Waals surface area contributed by atoms with Gasteiger partial charge in [0.05, 0.1) is 12.6 Å². The van der Waals surface area contributed by atoms with Crippen molar-refractivity contribution in [2.45, 2.75) is 32.7 Å². The van der Waals surface area contributed by atoms with Crippen LogP contribution in [-0.2, 0) is 0 Å². The number of hydrogen-bond donors (Lipinski definition) is 1. The molecule has 2 aromatic carbocycles. The highest BCUT2D eigenvalue weighted by molar-refractivity contribution is 5.48. The summed E-state index contributed by atoms with van der Waals surface area (Å²) in [6.45, 7) is 4.85. The lowest BCUT2D eigenvalue weighted by Gasteiger charge is -2.19. The number of halogens is 1. The second kappa shape index (κ2) is 7.67. The molecule has 1 N–H and O–H groups in total. The Bertz CT molecular complexity index is 553. The minimum absolute atomic E-state index is 0.0337. The Morgan fingerprint density at radius 3 is 2.38 bits per heavy atom. The summed E-state index contributed by atoms with van der Waals surface area (Å²) in [5.41, 5.74) is 1.67. The second-order valence-electron chi connectivity index (χ2n) is 5.00. The van der Waals surface area contributed by atoms with Crippen LogP contribution in [0.4, 0.5) is 10.1 Å². The third kappa shape index (κ3) is 4.22. The molecule has 0 radical (unpaired) electrons. The first-order valence-corrected chi connectivity index (χ1v) is 7.48. The van der Waals surface area contributed by atoms with Crippen molar-refractivity contribution in [3.63, 3.8) is 0 Å². The van der Waals surface area contributed by atoms with Gasteiger partial charge in [-0.1, -0.05) is 32.0 Å². The summed E-state index contributed by atoms with van der Waals surface area (Å²) >= 11 is 0. The first-order chi connectivity index (χ1) is 10.2. The van der Waals surface area contributed by atoms with Crippen LogP contribution in [0.3, 0.4) is 0 Å². The van der Waals surface area contributed by atoms with E-state index < -0.39 is 0 Å². The van der Waals surface area contributed by atoms with E-state index in [1.165, 1.54) is 6.07 Å². The number of benzene rings is 2. The van der Waals surface area contributed by atoms with Crippen LogP contribution in [0.25, 0.3) is 0 Å². The van der Waals surface area contributed by atoms with Crippen LogP contribution in [-0.4, -0.2) is 6.61 Å². The summed E-state index contributed by atoms with van der Waals surface area (Å²) in [6.07, 6.45) is 1.81. The first-order valence-electron chi connectivity index (χ1n) is 7.48. The van der Waals surface area contributed by atoms with Crippen LogP contribution in [0.1, 0.15) is 38.3 Å². The average Bonchev–Trinajstić information content (AvgIpc) is 2.52. The SMILES string of the molecule is CCCOc1ccc(NC(CC)c2ccccc2F)cc1. The van der Waals surface area contributed by atoms with Gasteiger partial charge in [-0.05, 0) is 43.2 Å². The van der Waals surface area contributed by atoms with Gasteiger partial charge < -0.3 is 10.1 Å². The van der Waals surface area contributed by atoms with E-state index in [-0.39, 0.29) is 11.9 Å². The fourth-order valence-electron chi connectivity index (χ4n) is 2.23. The maximum absolute atomic E-state index is 13.9. The topological polar surface area (TPSA) is 21.3 Å². The molecule has 0 heterocycles. The summed E-state index contributed by atoms with van der Waals surface area (Å²) < 4.78 is 19.4. The van der Waals surface area contributed by atoms with E-state index in [0.29, 0.717) is 5.56 Å². The molecule has 0 aliphatic heterocycles. The average molecular weight is 287 g/mol. The van der Waals surface area contributed by atoms with Crippen molar-refractivity contribution in [1.29, 1.82) is 0 Å². The monoisotopic (exact) mass is 287 g/mol. The minimum atomic E-state index is -0.167. The smallest absolute Gasteiger partial charge is 0.128 e. The fourth-order valence-corrected chi connectivity index (χ4v) is 2.23. The van der Waals surface area contributed by atoms with Crippen molar-refractivity contribution >= 4 is 5.69 Å². The van der Waals surface area contributed by atoms with E-state index in [4.69, 9.17) is 4.74 Å². The van der Waals surface area contributed by atoms with Crippen molar-refractivity contribution in [3.8, 4) is 5.75 Å². The van der Waals surface area contributed by atoms with Gasteiger partial charge in [-0.15, -0.1) is 0 Å². The Morgan fingerprint density at radius 1 is 1.05 bits per heavy atom. The van der Waals surface area contributed by atoms with Crippen LogP contribution >= 0.6 is 0 Å². The molecule has 0 amide bonds. The van der Waals surface area contributed by atoms with Gasteiger partial charge >= 0.3 is 0 Å². The molecule has 2 aromatic rings. The summed E-state index contributed by atoms with van der Waals surface area (Å²) in [5, 5.41) is 3.37. The molecule has 0 bridgehead atoms. The van der Waals surface area contributed by atoms with Gasteiger partial charge in [0.15, 0.2) is 0 Å². The lowest BCUT2D eigenvalue weighted by molar-refractivity contribution is 0.317. The molecule has 1 unspecified atom stereocenters. The Morgan fingerprint density at radius 2 is 1.76 bits per heavy atom. The van der Waals surface area contributed by atoms with Gasteiger partial charge in [0, 0.05) is 11.3 Å². The van der Waals surface area contributed by atoms with E-state index in [1.807, 2.05) is 43.3 Å². The number of anilines is 1. The van der Waals surface area contributed by atoms with Gasteiger partial charge in [-0.3, -0.25) is 0 Å². The van der Waals surface area contributed by atoms with Crippen molar-refractivity contribution in [3.05, 3.63) is 59.9 Å². The zero-order chi connectivity index (χ0) is 15.1. The molecule has 0 saturated heterocycles. The Hall–Kier alpha value is -2.03. The lowest BCUT2D eigenvalue weighted by atomic mass is 10.0. The zero-order valence-electron chi connectivity index (χ0n) is 12.6. The highest BCUT2D eigenvalue weighted by Gasteiger charge is 2.13. The first kappa shape index (κ1) is 15.4. The number of nitrogens with one attached hydrogen (secondary N) is 1. The van der Waals surface area contributed by atoms with Crippen LogP contribution in [0.15, 0.2) is 48.5 Å². The molecule has 0 saturated carbocycles. The van der Waals surface area contributed by atoms with Crippen molar-refractivity contribution in [2.24, 2.45) is 0 Å². The number of ether oxygens (including phenoxy) is 1. The van der Waals surface area contributed by atoms with Crippen LogP contribution in [0.2, 0.25) is 0 Å². The number of rotatable bonds is 7. The Balaban J connectivity index is 2.07. The molecule has 0 spiro atoms. The number of hydrogen-bond acceptors (Lipinski definition) is 2. The van der Waals surface area contributed by atoms with Crippen molar-refractivity contribution in [2.75, 3.05) is 11.9 Å². The molecule has 1 atom stereocenters. The summed E-state index contributed by atoms with van der Waals surface area (Å²) in [4.78, 5) is 0. The molecule has 0 fully saturated rings. The minimum Gasteiger partial charge on any atom is -0.494 e. The quantitative estimate of drug-likeness (QED) is 0.757. The molecule has 0 aliphatic carbocycles. The largest absolute Gasteiger partial charge is 0.494 e.